The number of hydrogen-bond acceptors (Lipinski definition) is 5. The normalized spacial score (nSPS) is 14.7. The Morgan fingerprint density at radius 3 is 2.74 bits per heavy atom. The minimum Gasteiger partial charge on any atom is -0.491 e. The lowest BCUT2D eigenvalue weighted by Crippen LogP contribution is -2.25. The first-order valence-electron chi connectivity index (χ1n) is 9.21. The molecule has 1 N–H and O–H groups in total. The van der Waals surface area contributed by atoms with E-state index in [2.05, 4.69) is 9.88 Å². The van der Waals surface area contributed by atoms with Crippen molar-refractivity contribution in [3.05, 3.63) is 47.0 Å². The number of nitrogens with zero attached hydrogens (tertiary/aromatic N) is 2. The van der Waals surface area contributed by atoms with E-state index in [9.17, 15) is 9.90 Å². The molecule has 1 aliphatic heterocycles. The molecule has 1 saturated heterocycles. The Balaban J connectivity index is 1.71. The van der Waals surface area contributed by atoms with Crippen LogP contribution >= 0.6 is 11.3 Å². The molecule has 0 bridgehead atoms. The first-order chi connectivity index (χ1) is 13.1. The van der Waals surface area contributed by atoms with Crippen LogP contribution in [-0.2, 0) is 0 Å². The van der Waals surface area contributed by atoms with Gasteiger partial charge in [-0.15, -0.1) is 11.3 Å². The maximum atomic E-state index is 11.5. The average Bonchev–Trinajstić information content (AvgIpc) is 3.31. The number of rotatable bonds is 6. The summed E-state index contributed by atoms with van der Waals surface area (Å²) in [6.07, 6.45) is 2.52. The molecule has 6 heteroatoms. The number of hydrogen-bond donors (Lipinski definition) is 1. The third-order valence-electron chi connectivity index (χ3n) is 4.96. The predicted molar refractivity (Wildman–Crippen MR) is 108 cm³/mol. The summed E-state index contributed by atoms with van der Waals surface area (Å²) in [6.45, 7) is 5.54. The van der Waals surface area contributed by atoms with Gasteiger partial charge >= 0.3 is 5.97 Å². The van der Waals surface area contributed by atoms with Crippen LogP contribution in [0.25, 0.3) is 21.3 Å². The minimum atomic E-state index is -0.937. The fourth-order valence-electron chi connectivity index (χ4n) is 3.59. The third kappa shape index (κ3) is 3.68. The van der Waals surface area contributed by atoms with E-state index in [1.807, 2.05) is 36.4 Å². The van der Waals surface area contributed by atoms with Crippen LogP contribution in [0.15, 0.2) is 36.4 Å². The molecule has 0 saturated carbocycles. The molecule has 1 fully saturated rings. The molecule has 0 amide bonds. The molecule has 3 aromatic rings. The molecule has 2 aromatic carbocycles. The highest BCUT2D eigenvalue weighted by Crippen LogP contribution is 2.40. The summed E-state index contributed by atoms with van der Waals surface area (Å²) in [5.41, 5.74) is 1.42. The second-order valence-electron chi connectivity index (χ2n) is 6.80. The Labute approximate surface area is 162 Å². The van der Waals surface area contributed by atoms with E-state index >= 15 is 0 Å². The van der Waals surface area contributed by atoms with E-state index in [0.717, 1.165) is 41.7 Å². The maximum Gasteiger partial charge on any atom is 0.347 e. The Morgan fingerprint density at radius 1 is 1.22 bits per heavy atom. The van der Waals surface area contributed by atoms with E-state index in [-0.39, 0.29) is 4.88 Å². The van der Waals surface area contributed by atoms with Crippen LogP contribution in [0.2, 0.25) is 0 Å². The van der Waals surface area contributed by atoms with Gasteiger partial charge in [0.2, 0.25) is 0 Å². The van der Waals surface area contributed by atoms with Gasteiger partial charge in [-0.2, -0.15) is 0 Å². The Hall–Kier alpha value is -2.44. The summed E-state index contributed by atoms with van der Waals surface area (Å²) in [5, 5.41) is 12.2. The maximum absolute atomic E-state index is 11.5. The van der Waals surface area contributed by atoms with Gasteiger partial charge in [-0.3, -0.25) is 4.90 Å². The number of carboxylic acid groups (broad SMARTS) is 1. The third-order valence-corrected chi connectivity index (χ3v) is 6.12. The second kappa shape index (κ2) is 7.66. The van der Waals surface area contributed by atoms with E-state index in [1.165, 1.54) is 24.2 Å². The van der Waals surface area contributed by atoms with Gasteiger partial charge in [0.15, 0.2) is 0 Å². The molecule has 1 aromatic heterocycles. The molecule has 140 valence electrons. The summed E-state index contributed by atoms with van der Waals surface area (Å²) >= 11 is 1.21. The van der Waals surface area contributed by atoms with E-state index < -0.39 is 5.97 Å². The van der Waals surface area contributed by atoms with Crippen LogP contribution in [-0.4, -0.2) is 47.2 Å². The molecule has 5 nitrogen and oxygen atoms in total. The molecule has 4 rings (SSSR count). The number of carbonyl (C=O) groups is 1. The van der Waals surface area contributed by atoms with Gasteiger partial charge in [0.1, 0.15) is 22.2 Å². The van der Waals surface area contributed by atoms with Gasteiger partial charge in [-0.1, -0.05) is 30.3 Å². The van der Waals surface area contributed by atoms with Crippen LogP contribution in [0.4, 0.5) is 0 Å². The fourth-order valence-corrected chi connectivity index (χ4v) is 4.55. The lowest BCUT2D eigenvalue weighted by molar-refractivity contribution is 0.0701. The molecule has 0 spiro atoms. The predicted octanol–water partition coefficient (Wildman–Crippen LogP) is 4.44. The van der Waals surface area contributed by atoms with Crippen molar-refractivity contribution in [2.75, 3.05) is 26.2 Å². The van der Waals surface area contributed by atoms with Crippen molar-refractivity contribution in [1.82, 2.24) is 9.88 Å². The Kier molecular flexibility index (Phi) is 5.09. The van der Waals surface area contributed by atoms with Crippen LogP contribution in [0.5, 0.6) is 5.75 Å². The number of aryl methyl sites for hydroxylation is 1. The Morgan fingerprint density at radius 2 is 2.00 bits per heavy atom. The number of benzene rings is 2. The lowest BCUT2D eigenvalue weighted by Gasteiger charge is -2.17. The van der Waals surface area contributed by atoms with Gasteiger partial charge in [0.25, 0.3) is 0 Å². The number of aromatic carboxylic acids is 1. The van der Waals surface area contributed by atoms with E-state index in [4.69, 9.17) is 4.74 Å². The number of thiazole rings is 1. The first kappa shape index (κ1) is 17.9. The van der Waals surface area contributed by atoms with Crippen LogP contribution in [0.3, 0.4) is 0 Å². The average molecular weight is 382 g/mol. The minimum absolute atomic E-state index is 0.279. The number of aromatic nitrogens is 1. The Bertz CT molecular complexity index is 977. The summed E-state index contributed by atoms with van der Waals surface area (Å²) in [5.74, 6) is -0.174. The summed E-state index contributed by atoms with van der Waals surface area (Å²) in [7, 11) is 0. The SMILES string of the molecule is Cc1nc(-c2c(OCCN3CCCC3)ccc3ccccc23)sc1C(=O)O. The van der Waals surface area contributed by atoms with Crippen LogP contribution < -0.4 is 4.74 Å². The van der Waals surface area contributed by atoms with Crippen molar-refractivity contribution in [3.8, 4) is 16.3 Å². The molecule has 1 aliphatic rings. The molecular formula is C21H22N2O3S. The standard InChI is InChI=1S/C21H22N2O3S/c1-14-19(21(24)25)27-20(22-14)18-16-7-3-2-6-15(16)8-9-17(18)26-13-12-23-10-4-5-11-23/h2-3,6-9H,4-5,10-13H2,1H3,(H,24,25). The molecule has 2 heterocycles. The van der Waals surface area contributed by atoms with Crippen molar-refractivity contribution < 1.29 is 14.6 Å². The van der Waals surface area contributed by atoms with Gasteiger partial charge in [-0.25, -0.2) is 9.78 Å². The first-order valence-corrected chi connectivity index (χ1v) is 10.0. The van der Waals surface area contributed by atoms with Crippen molar-refractivity contribution in [3.63, 3.8) is 0 Å². The number of fused-ring (bicyclic) bond motifs is 1. The molecule has 0 atom stereocenters. The number of likely N-dealkylation sites (tertiary alicyclic amines) is 1. The highest BCUT2D eigenvalue weighted by atomic mass is 32.1. The van der Waals surface area contributed by atoms with Crippen molar-refractivity contribution in [2.24, 2.45) is 0 Å². The highest BCUT2D eigenvalue weighted by molar-refractivity contribution is 7.17. The monoisotopic (exact) mass is 382 g/mol. The topological polar surface area (TPSA) is 62.7 Å². The van der Waals surface area contributed by atoms with Crippen LogP contribution in [0.1, 0.15) is 28.2 Å². The molecular weight excluding hydrogens is 360 g/mol. The van der Waals surface area contributed by atoms with Gasteiger partial charge in [0, 0.05) is 6.54 Å². The zero-order valence-electron chi connectivity index (χ0n) is 15.3. The highest BCUT2D eigenvalue weighted by Gasteiger charge is 2.20. The summed E-state index contributed by atoms with van der Waals surface area (Å²) in [4.78, 5) is 18.7. The smallest absolute Gasteiger partial charge is 0.347 e. The van der Waals surface area contributed by atoms with Gasteiger partial charge in [-0.05, 0) is 49.7 Å². The van der Waals surface area contributed by atoms with Crippen molar-refractivity contribution in [2.45, 2.75) is 19.8 Å². The zero-order chi connectivity index (χ0) is 18.8. The largest absolute Gasteiger partial charge is 0.491 e. The van der Waals surface area contributed by atoms with E-state index in [0.29, 0.717) is 17.3 Å². The summed E-state index contributed by atoms with van der Waals surface area (Å²) in [6, 6.07) is 12.1. The fraction of sp³-hybridized carbons (Fsp3) is 0.333. The van der Waals surface area contributed by atoms with Gasteiger partial charge < -0.3 is 9.84 Å². The second-order valence-corrected chi connectivity index (χ2v) is 7.79. The quantitative estimate of drug-likeness (QED) is 0.683. The summed E-state index contributed by atoms with van der Waals surface area (Å²) < 4.78 is 6.15. The molecule has 0 unspecified atom stereocenters. The molecule has 0 radical (unpaired) electrons. The molecule has 0 aliphatic carbocycles. The van der Waals surface area contributed by atoms with Crippen molar-refractivity contribution in [1.29, 1.82) is 0 Å². The number of carboxylic acids is 1. The zero-order valence-corrected chi connectivity index (χ0v) is 16.1. The molecule has 27 heavy (non-hydrogen) atoms. The lowest BCUT2D eigenvalue weighted by atomic mass is 10.0. The van der Waals surface area contributed by atoms with Crippen molar-refractivity contribution >= 4 is 28.1 Å². The van der Waals surface area contributed by atoms with Crippen LogP contribution in [0, 0.1) is 6.92 Å². The van der Waals surface area contributed by atoms with Gasteiger partial charge in [0.05, 0.1) is 11.3 Å². The van der Waals surface area contributed by atoms with E-state index in [1.54, 1.807) is 6.92 Å². The number of ether oxygens (including phenoxy) is 1.